The van der Waals surface area contributed by atoms with E-state index in [1.807, 2.05) is 69.3 Å². The van der Waals surface area contributed by atoms with Gasteiger partial charge in [-0.15, -0.1) is 0 Å². The van der Waals surface area contributed by atoms with Crippen molar-refractivity contribution >= 4 is 17.5 Å². The van der Waals surface area contributed by atoms with E-state index < -0.39 is 11.8 Å². The molecule has 0 fully saturated rings. The van der Waals surface area contributed by atoms with Gasteiger partial charge >= 0.3 is 11.8 Å². The van der Waals surface area contributed by atoms with E-state index in [-0.39, 0.29) is 6.04 Å². The highest BCUT2D eigenvalue weighted by atomic mass is 16.2. The Morgan fingerprint density at radius 1 is 1.08 bits per heavy atom. The average Bonchev–Trinajstić information content (AvgIpc) is 2.62. The molecule has 0 saturated heterocycles. The number of carbonyl (C=O) groups excluding carboxylic acids is 2. The van der Waals surface area contributed by atoms with Crippen LogP contribution in [0, 0.1) is 13.8 Å². The van der Waals surface area contributed by atoms with Crippen molar-refractivity contribution in [2.45, 2.75) is 39.7 Å². The highest BCUT2D eigenvalue weighted by Crippen LogP contribution is 2.17. The molecule has 0 bridgehead atoms. The van der Waals surface area contributed by atoms with Gasteiger partial charge in [0.05, 0.1) is 0 Å². The molecule has 0 aromatic heterocycles. The number of aryl methyl sites for hydroxylation is 2. The van der Waals surface area contributed by atoms with Crippen LogP contribution in [0.25, 0.3) is 0 Å². The second-order valence-electron chi connectivity index (χ2n) is 6.44. The van der Waals surface area contributed by atoms with Gasteiger partial charge < -0.3 is 10.2 Å². The van der Waals surface area contributed by atoms with Gasteiger partial charge in [-0.2, -0.15) is 0 Å². The van der Waals surface area contributed by atoms with Crippen LogP contribution in [0.5, 0.6) is 0 Å². The summed E-state index contributed by atoms with van der Waals surface area (Å²) in [5.74, 6) is -1.11. The predicted octanol–water partition coefficient (Wildman–Crippen LogP) is 3.72. The highest BCUT2D eigenvalue weighted by molar-refractivity contribution is 6.39. The summed E-state index contributed by atoms with van der Waals surface area (Å²) in [7, 11) is 1.70. The third kappa shape index (κ3) is 4.92. The zero-order chi connectivity index (χ0) is 18.4. The highest BCUT2D eigenvalue weighted by Gasteiger charge is 2.25. The van der Waals surface area contributed by atoms with Crippen molar-refractivity contribution in [1.29, 1.82) is 0 Å². The molecule has 1 N–H and O–H groups in total. The first-order valence-electron chi connectivity index (χ1n) is 8.61. The summed E-state index contributed by atoms with van der Waals surface area (Å²) in [6.07, 6.45) is 1.52. The van der Waals surface area contributed by atoms with E-state index >= 15 is 0 Å². The van der Waals surface area contributed by atoms with Crippen LogP contribution in [-0.2, 0) is 16.0 Å². The summed E-state index contributed by atoms with van der Waals surface area (Å²) in [4.78, 5) is 26.5. The number of carbonyl (C=O) groups is 2. The Labute approximate surface area is 149 Å². The largest absolute Gasteiger partial charge is 0.334 e. The van der Waals surface area contributed by atoms with E-state index in [2.05, 4.69) is 5.32 Å². The van der Waals surface area contributed by atoms with Gasteiger partial charge in [0.25, 0.3) is 0 Å². The molecule has 2 aromatic rings. The molecule has 0 spiro atoms. The number of hydrogen-bond donors (Lipinski definition) is 1. The molecular formula is C21H26N2O2. The summed E-state index contributed by atoms with van der Waals surface area (Å²) in [5, 5.41) is 2.74. The molecule has 0 aliphatic heterocycles. The molecule has 1 atom stereocenters. The van der Waals surface area contributed by atoms with Crippen molar-refractivity contribution < 1.29 is 9.59 Å². The van der Waals surface area contributed by atoms with Gasteiger partial charge in [-0.05, 0) is 49.4 Å². The number of benzene rings is 2. The molecule has 0 unspecified atom stereocenters. The van der Waals surface area contributed by atoms with Crippen LogP contribution in [0.3, 0.4) is 0 Å². The van der Waals surface area contributed by atoms with E-state index in [0.717, 1.165) is 29.5 Å². The van der Waals surface area contributed by atoms with Crippen molar-refractivity contribution in [2.24, 2.45) is 0 Å². The number of nitrogens with zero attached hydrogens (tertiary/aromatic N) is 1. The minimum atomic E-state index is -0.595. The van der Waals surface area contributed by atoms with Gasteiger partial charge in [-0.1, -0.05) is 49.4 Å². The fourth-order valence-corrected chi connectivity index (χ4v) is 2.81. The molecule has 132 valence electrons. The monoisotopic (exact) mass is 338 g/mol. The van der Waals surface area contributed by atoms with Crippen molar-refractivity contribution in [1.82, 2.24) is 4.90 Å². The fourth-order valence-electron chi connectivity index (χ4n) is 2.81. The molecule has 0 aliphatic rings. The zero-order valence-electron chi connectivity index (χ0n) is 15.4. The van der Waals surface area contributed by atoms with Gasteiger partial charge in [-0.3, -0.25) is 9.59 Å². The first-order valence-corrected chi connectivity index (χ1v) is 8.61. The van der Waals surface area contributed by atoms with Crippen molar-refractivity contribution in [3.05, 3.63) is 65.2 Å². The molecule has 0 radical (unpaired) electrons. The molecule has 2 rings (SSSR count). The number of nitrogens with one attached hydrogen (secondary N) is 1. The molecule has 0 aliphatic carbocycles. The van der Waals surface area contributed by atoms with Crippen LogP contribution in [0.15, 0.2) is 48.5 Å². The summed E-state index contributed by atoms with van der Waals surface area (Å²) in [6.45, 7) is 5.89. The van der Waals surface area contributed by atoms with E-state index in [1.54, 1.807) is 11.9 Å². The third-order valence-electron chi connectivity index (χ3n) is 4.49. The van der Waals surface area contributed by atoms with E-state index in [4.69, 9.17) is 0 Å². The minimum absolute atomic E-state index is 0.0146. The van der Waals surface area contributed by atoms with E-state index in [9.17, 15) is 9.59 Å². The average molecular weight is 338 g/mol. The lowest BCUT2D eigenvalue weighted by molar-refractivity contribution is -0.143. The first-order chi connectivity index (χ1) is 11.9. The zero-order valence-corrected chi connectivity index (χ0v) is 15.4. The molecule has 2 amide bonds. The second kappa shape index (κ2) is 8.47. The number of hydrogen-bond acceptors (Lipinski definition) is 2. The van der Waals surface area contributed by atoms with E-state index in [1.165, 1.54) is 0 Å². The third-order valence-corrected chi connectivity index (χ3v) is 4.49. The number of amides is 2. The summed E-state index contributed by atoms with van der Waals surface area (Å²) in [5.41, 5.74) is 3.81. The van der Waals surface area contributed by atoms with Crippen LogP contribution in [-0.4, -0.2) is 29.8 Å². The Hall–Kier alpha value is -2.62. The number of likely N-dealkylation sites (N-methyl/N-ethyl adjacent to an activating group) is 1. The van der Waals surface area contributed by atoms with Crippen LogP contribution >= 0.6 is 0 Å². The normalized spacial score (nSPS) is 11.7. The lowest BCUT2D eigenvalue weighted by atomic mass is 10.0. The topological polar surface area (TPSA) is 49.4 Å². The van der Waals surface area contributed by atoms with Crippen LogP contribution in [0.1, 0.15) is 30.0 Å². The standard InChI is InChI=1S/C21H26N2O2/c1-5-18(14-17-9-7-6-8-10-17)23(4)21(25)20(24)22-19-13-15(2)11-12-16(19)3/h6-13,18H,5,14H2,1-4H3,(H,22,24)/t18-/m1/s1. The fraction of sp³-hybridized carbons (Fsp3) is 0.333. The maximum absolute atomic E-state index is 12.5. The van der Waals surface area contributed by atoms with Gasteiger partial charge in [-0.25, -0.2) is 0 Å². The molecule has 0 heterocycles. The maximum Gasteiger partial charge on any atom is 0.313 e. The van der Waals surface area contributed by atoms with Crippen LogP contribution in [0.2, 0.25) is 0 Å². The predicted molar refractivity (Wildman–Crippen MR) is 102 cm³/mol. The Morgan fingerprint density at radius 3 is 2.40 bits per heavy atom. The van der Waals surface area contributed by atoms with Gasteiger partial charge in [0.1, 0.15) is 0 Å². The first kappa shape index (κ1) is 18.7. The Bertz CT molecular complexity index is 741. The van der Waals surface area contributed by atoms with Crippen LogP contribution < -0.4 is 5.32 Å². The SMILES string of the molecule is CC[C@H](Cc1ccccc1)N(C)C(=O)C(=O)Nc1cc(C)ccc1C. The molecule has 4 nitrogen and oxygen atoms in total. The van der Waals surface area contributed by atoms with Crippen molar-refractivity contribution in [2.75, 3.05) is 12.4 Å². The molecule has 2 aromatic carbocycles. The Morgan fingerprint density at radius 2 is 1.76 bits per heavy atom. The Balaban J connectivity index is 2.06. The summed E-state index contributed by atoms with van der Waals surface area (Å²) in [6, 6.07) is 15.8. The molecule has 0 saturated carbocycles. The summed E-state index contributed by atoms with van der Waals surface area (Å²) < 4.78 is 0. The van der Waals surface area contributed by atoms with Crippen LogP contribution in [0.4, 0.5) is 5.69 Å². The Kier molecular flexibility index (Phi) is 6.34. The number of rotatable bonds is 5. The van der Waals surface area contributed by atoms with Crippen molar-refractivity contribution in [3.63, 3.8) is 0 Å². The molecule has 25 heavy (non-hydrogen) atoms. The van der Waals surface area contributed by atoms with Gasteiger partial charge in [0, 0.05) is 18.8 Å². The maximum atomic E-state index is 12.5. The quantitative estimate of drug-likeness (QED) is 0.845. The van der Waals surface area contributed by atoms with Gasteiger partial charge in [0.2, 0.25) is 0 Å². The lowest BCUT2D eigenvalue weighted by Crippen LogP contribution is -2.44. The molecule has 4 heteroatoms. The molecular weight excluding hydrogens is 312 g/mol. The van der Waals surface area contributed by atoms with Crippen molar-refractivity contribution in [3.8, 4) is 0 Å². The smallest absolute Gasteiger partial charge is 0.313 e. The minimum Gasteiger partial charge on any atom is -0.334 e. The lowest BCUT2D eigenvalue weighted by Gasteiger charge is -2.27. The number of anilines is 1. The van der Waals surface area contributed by atoms with Gasteiger partial charge in [0.15, 0.2) is 0 Å². The summed E-state index contributed by atoms with van der Waals surface area (Å²) >= 11 is 0. The second-order valence-corrected chi connectivity index (χ2v) is 6.44. The van der Waals surface area contributed by atoms with E-state index in [0.29, 0.717) is 5.69 Å².